The number of anilines is 1. The first-order chi connectivity index (χ1) is 17.4. The highest BCUT2D eigenvalue weighted by molar-refractivity contribution is 6.10. The van der Waals surface area contributed by atoms with E-state index in [1.165, 1.54) is 4.90 Å². The van der Waals surface area contributed by atoms with Crippen LogP contribution in [0, 0.1) is 13.8 Å². The van der Waals surface area contributed by atoms with Gasteiger partial charge in [0.2, 0.25) is 5.76 Å². The third-order valence-corrected chi connectivity index (χ3v) is 6.40. The second-order valence-corrected chi connectivity index (χ2v) is 9.00. The number of amides is 1. The van der Waals surface area contributed by atoms with E-state index in [1.54, 1.807) is 25.3 Å². The van der Waals surface area contributed by atoms with Gasteiger partial charge in [0, 0.05) is 5.69 Å². The number of rotatable bonds is 7. The Balaban J connectivity index is 1.72. The molecule has 1 aliphatic rings. The van der Waals surface area contributed by atoms with Crippen LogP contribution in [0.2, 0.25) is 0 Å². The number of unbranched alkanes of at least 4 members (excludes halogenated alkanes) is 1. The summed E-state index contributed by atoms with van der Waals surface area (Å²) in [5, 5.41) is 0.442. The van der Waals surface area contributed by atoms with Crippen LogP contribution in [0.4, 0.5) is 5.82 Å². The molecule has 1 unspecified atom stereocenters. The number of hydrogen-bond donors (Lipinski definition) is 0. The standard InChI is InChI=1S/C29H28N2O5/c1-5-6-14-35-22-13-11-19(16-23(22)34-4)26-25-27(32)20-15-17(2)10-12-21(20)36-28(25)29(33)31(26)24-9-7-8-18(3)30-24/h7-13,15-16,26H,5-6,14H2,1-4H3. The molecule has 1 amide bonds. The maximum atomic E-state index is 13.8. The first-order valence-electron chi connectivity index (χ1n) is 12.1. The molecule has 2 aromatic heterocycles. The van der Waals surface area contributed by atoms with Crippen LogP contribution in [-0.2, 0) is 0 Å². The van der Waals surface area contributed by atoms with Gasteiger partial charge in [-0.05, 0) is 62.2 Å². The molecule has 0 fully saturated rings. The fraction of sp³-hybridized carbons (Fsp3) is 0.276. The monoisotopic (exact) mass is 484 g/mol. The van der Waals surface area contributed by atoms with Crippen LogP contribution in [-0.4, -0.2) is 24.6 Å². The zero-order valence-electron chi connectivity index (χ0n) is 20.8. The van der Waals surface area contributed by atoms with Crippen molar-refractivity contribution in [1.82, 2.24) is 4.98 Å². The highest BCUT2D eigenvalue weighted by Gasteiger charge is 2.44. The summed E-state index contributed by atoms with van der Waals surface area (Å²) in [5.74, 6) is 1.21. The van der Waals surface area contributed by atoms with Crippen molar-refractivity contribution in [3.8, 4) is 11.5 Å². The Morgan fingerprint density at radius 1 is 1.03 bits per heavy atom. The van der Waals surface area contributed by atoms with E-state index < -0.39 is 11.9 Å². The van der Waals surface area contributed by atoms with E-state index in [1.807, 2.05) is 50.2 Å². The van der Waals surface area contributed by atoms with Gasteiger partial charge in [-0.2, -0.15) is 0 Å². The first kappa shape index (κ1) is 23.6. The van der Waals surface area contributed by atoms with Gasteiger partial charge in [0.1, 0.15) is 11.4 Å². The van der Waals surface area contributed by atoms with E-state index in [4.69, 9.17) is 13.9 Å². The SMILES string of the molecule is CCCCOc1ccc(C2c3c(oc4ccc(C)cc4c3=O)C(=O)N2c2cccc(C)n2)cc1OC. The number of aryl methyl sites for hydroxylation is 2. The van der Waals surface area contributed by atoms with Gasteiger partial charge in [0.05, 0.1) is 30.7 Å². The average Bonchev–Trinajstić information content (AvgIpc) is 3.17. The topological polar surface area (TPSA) is 81.9 Å². The van der Waals surface area contributed by atoms with Crippen molar-refractivity contribution in [2.45, 2.75) is 39.7 Å². The van der Waals surface area contributed by atoms with Crippen LogP contribution in [0.3, 0.4) is 0 Å². The van der Waals surface area contributed by atoms with Crippen LogP contribution in [0.25, 0.3) is 11.0 Å². The van der Waals surface area contributed by atoms with E-state index in [0.717, 1.165) is 24.1 Å². The van der Waals surface area contributed by atoms with Crippen molar-refractivity contribution in [2.75, 3.05) is 18.6 Å². The van der Waals surface area contributed by atoms with Crippen LogP contribution in [0.15, 0.2) is 63.8 Å². The number of aromatic nitrogens is 1. The highest BCUT2D eigenvalue weighted by Crippen LogP contribution is 2.42. The zero-order valence-corrected chi connectivity index (χ0v) is 20.8. The Morgan fingerprint density at radius 2 is 1.86 bits per heavy atom. The lowest BCUT2D eigenvalue weighted by Crippen LogP contribution is -2.30. The predicted molar refractivity (Wildman–Crippen MR) is 138 cm³/mol. The number of pyridine rings is 1. The minimum atomic E-state index is -0.735. The molecule has 0 saturated heterocycles. The third kappa shape index (κ3) is 4.00. The molecule has 0 saturated carbocycles. The minimum absolute atomic E-state index is 0.0342. The summed E-state index contributed by atoms with van der Waals surface area (Å²) >= 11 is 0. The summed E-state index contributed by atoms with van der Waals surface area (Å²) in [5.41, 5.74) is 2.83. The zero-order chi connectivity index (χ0) is 25.4. The quantitative estimate of drug-likeness (QED) is 0.311. The molecule has 0 bridgehead atoms. The number of benzene rings is 2. The molecule has 7 heteroatoms. The minimum Gasteiger partial charge on any atom is -0.493 e. The predicted octanol–water partition coefficient (Wildman–Crippen LogP) is 5.74. The fourth-order valence-corrected chi connectivity index (χ4v) is 4.60. The van der Waals surface area contributed by atoms with E-state index >= 15 is 0 Å². The number of methoxy groups -OCH3 is 1. The van der Waals surface area contributed by atoms with Crippen molar-refractivity contribution in [2.24, 2.45) is 0 Å². The molecule has 5 rings (SSSR count). The molecule has 0 aliphatic carbocycles. The van der Waals surface area contributed by atoms with E-state index in [9.17, 15) is 9.59 Å². The summed E-state index contributed by atoms with van der Waals surface area (Å²) in [6.07, 6.45) is 1.94. The van der Waals surface area contributed by atoms with Crippen LogP contribution in [0.5, 0.6) is 11.5 Å². The number of carbonyl (C=O) groups excluding carboxylic acids is 1. The molecule has 1 atom stereocenters. The molecule has 36 heavy (non-hydrogen) atoms. The molecular weight excluding hydrogens is 456 g/mol. The van der Waals surface area contributed by atoms with E-state index in [0.29, 0.717) is 46.0 Å². The molecule has 1 aliphatic heterocycles. The molecule has 2 aromatic carbocycles. The Bertz CT molecular complexity index is 1520. The second kappa shape index (κ2) is 9.49. The van der Waals surface area contributed by atoms with Crippen LogP contribution in [0.1, 0.15) is 58.7 Å². The molecule has 0 radical (unpaired) electrons. The lowest BCUT2D eigenvalue weighted by Gasteiger charge is -2.25. The molecular formula is C29H28N2O5. The maximum absolute atomic E-state index is 13.8. The fourth-order valence-electron chi connectivity index (χ4n) is 4.60. The van der Waals surface area contributed by atoms with Gasteiger partial charge in [-0.1, -0.05) is 37.1 Å². The molecule has 0 N–H and O–H groups in total. The van der Waals surface area contributed by atoms with Crippen molar-refractivity contribution >= 4 is 22.7 Å². The lowest BCUT2D eigenvalue weighted by atomic mass is 9.97. The maximum Gasteiger partial charge on any atom is 0.296 e. The van der Waals surface area contributed by atoms with Crippen molar-refractivity contribution in [3.63, 3.8) is 0 Å². The molecule has 4 aromatic rings. The average molecular weight is 485 g/mol. The summed E-state index contributed by atoms with van der Waals surface area (Å²) < 4.78 is 17.6. The Morgan fingerprint density at radius 3 is 2.61 bits per heavy atom. The Labute approximate surface area is 209 Å². The summed E-state index contributed by atoms with van der Waals surface area (Å²) in [6.45, 7) is 6.45. The van der Waals surface area contributed by atoms with Gasteiger partial charge in [0.15, 0.2) is 16.9 Å². The summed E-state index contributed by atoms with van der Waals surface area (Å²) in [7, 11) is 1.57. The van der Waals surface area contributed by atoms with Crippen molar-refractivity contribution in [3.05, 3.63) is 93.0 Å². The molecule has 184 valence electrons. The van der Waals surface area contributed by atoms with Crippen LogP contribution < -0.4 is 19.8 Å². The Kier molecular flexibility index (Phi) is 6.22. The third-order valence-electron chi connectivity index (χ3n) is 6.40. The van der Waals surface area contributed by atoms with E-state index in [-0.39, 0.29) is 11.2 Å². The number of fused-ring (bicyclic) bond motifs is 2. The molecule has 7 nitrogen and oxygen atoms in total. The number of hydrogen-bond acceptors (Lipinski definition) is 6. The normalized spacial score (nSPS) is 14.8. The van der Waals surface area contributed by atoms with Gasteiger partial charge in [0.25, 0.3) is 5.91 Å². The lowest BCUT2D eigenvalue weighted by molar-refractivity contribution is 0.0970. The number of carbonyl (C=O) groups is 1. The largest absolute Gasteiger partial charge is 0.493 e. The van der Waals surface area contributed by atoms with E-state index in [2.05, 4.69) is 11.9 Å². The van der Waals surface area contributed by atoms with Gasteiger partial charge < -0.3 is 13.9 Å². The Hall–Kier alpha value is -4.13. The van der Waals surface area contributed by atoms with Gasteiger partial charge in [-0.25, -0.2) is 4.98 Å². The van der Waals surface area contributed by atoms with Crippen molar-refractivity contribution < 1.29 is 18.7 Å². The number of ether oxygens (including phenoxy) is 2. The van der Waals surface area contributed by atoms with Gasteiger partial charge >= 0.3 is 0 Å². The van der Waals surface area contributed by atoms with Gasteiger partial charge in [-0.3, -0.25) is 14.5 Å². The second-order valence-electron chi connectivity index (χ2n) is 9.00. The summed E-state index contributed by atoms with van der Waals surface area (Å²) in [6, 6.07) is 15.6. The van der Waals surface area contributed by atoms with Crippen LogP contribution >= 0.6 is 0 Å². The smallest absolute Gasteiger partial charge is 0.296 e. The molecule has 0 spiro atoms. The molecule has 3 heterocycles. The number of nitrogens with zero attached hydrogens (tertiary/aromatic N) is 2. The first-order valence-corrected chi connectivity index (χ1v) is 12.1. The van der Waals surface area contributed by atoms with Crippen molar-refractivity contribution in [1.29, 1.82) is 0 Å². The highest BCUT2D eigenvalue weighted by atomic mass is 16.5. The van der Waals surface area contributed by atoms with Gasteiger partial charge in [-0.15, -0.1) is 0 Å². The summed E-state index contributed by atoms with van der Waals surface area (Å²) in [4.78, 5) is 33.7.